The molecule has 0 aliphatic rings. The Morgan fingerprint density at radius 2 is 1.81 bits per heavy atom. The van der Waals surface area contributed by atoms with Crippen molar-refractivity contribution in [1.29, 1.82) is 0 Å². The number of hydrogen-bond donors (Lipinski definition) is 1. The molecule has 120 valence electrons. The van der Waals surface area contributed by atoms with Crippen LogP contribution >= 0.6 is 0 Å². The summed E-state index contributed by atoms with van der Waals surface area (Å²) in [6.07, 6.45) is 0.389. The van der Waals surface area contributed by atoms with Crippen molar-refractivity contribution in [2.24, 2.45) is 0 Å². The van der Waals surface area contributed by atoms with Crippen LogP contribution in [0.15, 0.2) is 18.2 Å². The maximum absolute atomic E-state index is 9.61. The van der Waals surface area contributed by atoms with Crippen LogP contribution in [0.25, 0.3) is 0 Å². The molecule has 21 heavy (non-hydrogen) atoms. The lowest BCUT2D eigenvalue weighted by molar-refractivity contribution is 0.0331. The molecule has 0 aromatic heterocycles. The Labute approximate surface area is 126 Å². The summed E-state index contributed by atoms with van der Waals surface area (Å²) in [7, 11) is 3.30. The van der Waals surface area contributed by atoms with Gasteiger partial charge in [-0.05, 0) is 31.0 Å². The number of aliphatic hydroxyl groups is 1. The van der Waals surface area contributed by atoms with Crippen molar-refractivity contribution in [3.8, 4) is 5.75 Å². The third kappa shape index (κ3) is 6.91. The van der Waals surface area contributed by atoms with Crippen LogP contribution in [-0.4, -0.2) is 45.8 Å². The summed E-state index contributed by atoms with van der Waals surface area (Å²) in [5.41, 5.74) is 1.78. The topological polar surface area (TPSA) is 57.2 Å². The van der Waals surface area contributed by atoms with Gasteiger partial charge in [-0.15, -0.1) is 0 Å². The molecule has 0 fully saturated rings. The summed E-state index contributed by atoms with van der Waals surface area (Å²) >= 11 is 0. The minimum Gasteiger partial charge on any atom is -0.496 e. The van der Waals surface area contributed by atoms with Gasteiger partial charge in [0.2, 0.25) is 0 Å². The molecule has 0 aliphatic heterocycles. The Balaban J connectivity index is 2.32. The standard InChI is InChI=1S/C16H26O5/c1-13(17)14-5-6-16(19-3)15(11-14)12-21-10-9-20-8-4-7-18-2/h5-6,11,13,17H,4,7-10,12H2,1-3H3. The first kappa shape index (κ1) is 17.9. The molecule has 5 nitrogen and oxygen atoms in total. The first-order valence-corrected chi connectivity index (χ1v) is 7.18. The summed E-state index contributed by atoms with van der Waals surface area (Å²) in [6, 6.07) is 5.61. The number of aliphatic hydroxyl groups excluding tert-OH is 1. The molecular weight excluding hydrogens is 272 g/mol. The molecule has 5 heteroatoms. The average molecular weight is 298 g/mol. The second-order valence-corrected chi connectivity index (χ2v) is 4.76. The summed E-state index contributed by atoms with van der Waals surface area (Å²) in [5.74, 6) is 0.764. The van der Waals surface area contributed by atoms with Gasteiger partial charge in [0, 0.05) is 25.9 Å². The van der Waals surface area contributed by atoms with Crippen molar-refractivity contribution < 1.29 is 24.1 Å². The lowest BCUT2D eigenvalue weighted by Gasteiger charge is -2.13. The predicted octanol–water partition coefficient (Wildman–Crippen LogP) is 2.32. The fourth-order valence-corrected chi connectivity index (χ4v) is 1.88. The van der Waals surface area contributed by atoms with Gasteiger partial charge in [-0.25, -0.2) is 0 Å². The fourth-order valence-electron chi connectivity index (χ4n) is 1.88. The van der Waals surface area contributed by atoms with Gasteiger partial charge in [0.05, 0.1) is 33.0 Å². The number of benzene rings is 1. The smallest absolute Gasteiger partial charge is 0.124 e. The first-order valence-electron chi connectivity index (χ1n) is 7.18. The molecule has 0 saturated carbocycles. The molecule has 0 radical (unpaired) electrons. The molecule has 0 aliphatic carbocycles. The van der Waals surface area contributed by atoms with Gasteiger partial charge in [-0.1, -0.05) is 6.07 Å². The van der Waals surface area contributed by atoms with E-state index < -0.39 is 6.10 Å². The first-order chi connectivity index (χ1) is 10.2. The Morgan fingerprint density at radius 1 is 1.05 bits per heavy atom. The second kappa shape index (κ2) is 10.6. The van der Waals surface area contributed by atoms with E-state index in [-0.39, 0.29) is 0 Å². The highest BCUT2D eigenvalue weighted by atomic mass is 16.5. The van der Waals surface area contributed by atoms with Crippen molar-refractivity contribution >= 4 is 0 Å². The number of ether oxygens (including phenoxy) is 4. The molecule has 0 saturated heterocycles. The van der Waals surface area contributed by atoms with E-state index in [1.807, 2.05) is 18.2 Å². The molecule has 0 bridgehead atoms. The van der Waals surface area contributed by atoms with Gasteiger partial charge in [0.15, 0.2) is 0 Å². The van der Waals surface area contributed by atoms with E-state index in [0.717, 1.165) is 23.3 Å². The van der Waals surface area contributed by atoms with Crippen LogP contribution in [0, 0.1) is 0 Å². The molecule has 0 spiro atoms. The van der Waals surface area contributed by atoms with Crippen molar-refractivity contribution in [1.82, 2.24) is 0 Å². The van der Waals surface area contributed by atoms with Crippen LogP contribution in [-0.2, 0) is 20.8 Å². The predicted molar refractivity (Wildman–Crippen MR) is 80.6 cm³/mol. The third-order valence-electron chi connectivity index (χ3n) is 3.05. The lowest BCUT2D eigenvalue weighted by atomic mass is 10.1. The minimum absolute atomic E-state index is 0.436. The summed E-state index contributed by atoms with van der Waals surface area (Å²) in [4.78, 5) is 0. The van der Waals surface area contributed by atoms with Crippen molar-refractivity contribution in [3.63, 3.8) is 0 Å². The van der Waals surface area contributed by atoms with Crippen LogP contribution in [0.4, 0.5) is 0 Å². The molecule has 1 unspecified atom stereocenters. The Morgan fingerprint density at radius 3 is 2.48 bits per heavy atom. The number of methoxy groups -OCH3 is 2. The molecule has 1 aromatic carbocycles. The normalized spacial score (nSPS) is 12.4. The summed E-state index contributed by atoms with van der Waals surface area (Å²) in [6.45, 7) is 4.64. The molecule has 1 N–H and O–H groups in total. The highest BCUT2D eigenvalue weighted by Gasteiger charge is 2.07. The van der Waals surface area contributed by atoms with Crippen LogP contribution in [0.5, 0.6) is 5.75 Å². The van der Waals surface area contributed by atoms with Gasteiger partial charge in [0.25, 0.3) is 0 Å². The molecule has 0 heterocycles. The van der Waals surface area contributed by atoms with Gasteiger partial charge >= 0.3 is 0 Å². The van der Waals surface area contributed by atoms with Crippen molar-refractivity contribution in [2.75, 3.05) is 40.6 Å². The van der Waals surface area contributed by atoms with Crippen molar-refractivity contribution in [2.45, 2.75) is 26.1 Å². The van der Waals surface area contributed by atoms with E-state index in [2.05, 4.69) is 0 Å². The number of rotatable bonds is 11. The van der Waals surface area contributed by atoms with Crippen LogP contribution < -0.4 is 4.74 Å². The van der Waals surface area contributed by atoms with E-state index >= 15 is 0 Å². The highest BCUT2D eigenvalue weighted by molar-refractivity contribution is 5.37. The molecule has 0 amide bonds. The lowest BCUT2D eigenvalue weighted by Crippen LogP contribution is -2.07. The average Bonchev–Trinajstić information content (AvgIpc) is 2.49. The van der Waals surface area contributed by atoms with Gasteiger partial charge in [0.1, 0.15) is 5.75 Å². The maximum atomic E-state index is 9.61. The van der Waals surface area contributed by atoms with Gasteiger partial charge in [-0.3, -0.25) is 0 Å². The SMILES string of the molecule is COCCCOCCOCc1cc(C(C)O)ccc1OC. The summed E-state index contributed by atoms with van der Waals surface area (Å²) in [5, 5.41) is 9.61. The highest BCUT2D eigenvalue weighted by Crippen LogP contribution is 2.23. The van der Waals surface area contributed by atoms with Crippen LogP contribution in [0.1, 0.15) is 30.6 Å². The number of hydrogen-bond acceptors (Lipinski definition) is 5. The van der Waals surface area contributed by atoms with Crippen LogP contribution in [0.3, 0.4) is 0 Å². The van der Waals surface area contributed by atoms with Crippen LogP contribution in [0.2, 0.25) is 0 Å². The van der Waals surface area contributed by atoms with Gasteiger partial charge < -0.3 is 24.1 Å². The Hall–Kier alpha value is -1.14. The minimum atomic E-state index is -0.501. The van der Waals surface area contributed by atoms with Crippen molar-refractivity contribution in [3.05, 3.63) is 29.3 Å². The Bertz CT molecular complexity index is 392. The summed E-state index contributed by atoms with van der Waals surface area (Å²) < 4.78 is 21.2. The zero-order valence-electron chi connectivity index (χ0n) is 13.1. The van der Waals surface area contributed by atoms with Gasteiger partial charge in [-0.2, -0.15) is 0 Å². The van der Waals surface area contributed by atoms with E-state index in [9.17, 15) is 5.11 Å². The zero-order chi connectivity index (χ0) is 15.5. The maximum Gasteiger partial charge on any atom is 0.124 e. The zero-order valence-corrected chi connectivity index (χ0v) is 13.1. The Kier molecular flexibility index (Phi) is 9.01. The van der Waals surface area contributed by atoms with E-state index in [1.165, 1.54) is 0 Å². The molecule has 1 rings (SSSR count). The molecule has 1 atom stereocenters. The van der Waals surface area contributed by atoms with E-state index in [1.54, 1.807) is 21.1 Å². The monoisotopic (exact) mass is 298 g/mol. The third-order valence-corrected chi connectivity index (χ3v) is 3.05. The second-order valence-electron chi connectivity index (χ2n) is 4.76. The molecular formula is C16H26O5. The van der Waals surface area contributed by atoms with E-state index in [4.69, 9.17) is 18.9 Å². The quantitative estimate of drug-likeness (QED) is 0.635. The fraction of sp³-hybridized carbons (Fsp3) is 0.625. The van der Waals surface area contributed by atoms with E-state index in [0.29, 0.717) is 33.0 Å². The molecule has 1 aromatic rings. The largest absolute Gasteiger partial charge is 0.496 e.